The van der Waals surface area contributed by atoms with Gasteiger partial charge >= 0.3 is 0 Å². The molecule has 1 aromatic rings. The first kappa shape index (κ1) is 14.3. The Morgan fingerprint density at radius 2 is 1.47 bits per heavy atom. The Hall–Kier alpha value is -0.780. The van der Waals surface area contributed by atoms with Crippen LogP contribution in [-0.4, -0.2) is 0 Å². The first-order valence-corrected chi connectivity index (χ1v) is 7.39. The van der Waals surface area contributed by atoms with Gasteiger partial charge in [0.2, 0.25) is 0 Å². The van der Waals surface area contributed by atoms with Gasteiger partial charge in [0.15, 0.2) is 0 Å². The van der Waals surface area contributed by atoms with Crippen molar-refractivity contribution in [3.63, 3.8) is 0 Å². The highest BCUT2D eigenvalue weighted by molar-refractivity contribution is 5.12. The summed E-state index contributed by atoms with van der Waals surface area (Å²) < 4.78 is 0. The van der Waals surface area contributed by atoms with Crippen LogP contribution < -0.4 is 0 Å². The van der Waals surface area contributed by atoms with Gasteiger partial charge in [-0.05, 0) is 24.5 Å². The number of benzene rings is 1. The van der Waals surface area contributed by atoms with Crippen molar-refractivity contribution in [3.8, 4) is 0 Å². The van der Waals surface area contributed by atoms with E-state index in [0.29, 0.717) is 0 Å². The first-order chi connectivity index (χ1) is 8.43. The lowest BCUT2D eigenvalue weighted by Crippen LogP contribution is -1.86. The Kier molecular flexibility index (Phi) is 8.72. The fourth-order valence-electron chi connectivity index (χ4n) is 2.21. The van der Waals surface area contributed by atoms with E-state index in [-0.39, 0.29) is 0 Å². The van der Waals surface area contributed by atoms with Gasteiger partial charge in [0.25, 0.3) is 0 Å². The molecule has 1 rings (SSSR count). The van der Waals surface area contributed by atoms with Gasteiger partial charge in [-0.2, -0.15) is 0 Å². The lowest BCUT2D eigenvalue weighted by molar-refractivity contribution is 0.565. The van der Waals surface area contributed by atoms with Crippen LogP contribution in [0.3, 0.4) is 0 Å². The normalized spacial score (nSPS) is 10.6. The molecule has 1 aromatic carbocycles. The lowest BCUT2D eigenvalue weighted by Gasteiger charge is -2.02. The Labute approximate surface area is 107 Å². The molecule has 0 atom stereocenters. The summed E-state index contributed by atoms with van der Waals surface area (Å²) >= 11 is 0. The molecule has 0 heteroatoms. The van der Waals surface area contributed by atoms with E-state index in [9.17, 15) is 0 Å². The Balaban J connectivity index is 1.85. The molecule has 0 amide bonds. The summed E-state index contributed by atoms with van der Waals surface area (Å²) in [5.74, 6) is 0. The van der Waals surface area contributed by atoms with Crippen LogP contribution >= 0.6 is 0 Å². The van der Waals surface area contributed by atoms with E-state index in [1.807, 2.05) is 12.1 Å². The van der Waals surface area contributed by atoms with Gasteiger partial charge in [0.05, 0.1) is 0 Å². The summed E-state index contributed by atoms with van der Waals surface area (Å²) in [6.45, 7) is 2.28. The topological polar surface area (TPSA) is 0 Å². The summed E-state index contributed by atoms with van der Waals surface area (Å²) in [6.07, 6.45) is 13.9. The molecule has 0 aromatic heterocycles. The fourth-order valence-corrected chi connectivity index (χ4v) is 2.21. The maximum absolute atomic E-state index is 3.29. The molecule has 0 aliphatic heterocycles. The van der Waals surface area contributed by atoms with Crippen LogP contribution in [0, 0.1) is 6.07 Å². The van der Waals surface area contributed by atoms with Crippen molar-refractivity contribution in [3.05, 3.63) is 35.9 Å². The molecule has 0 fully saturated rings. The van der Waals surface area contributed by atoms with Gasteiger partial charge in [-0.25, -0.2) is 0 Å². The number of unbranched alkanes of at least 4 members (excludes halogenated alkanes) is 8. The largest absolute Gasteiger partial charge is 0.0654 e. The smallest absolute Gasteiger partial charge is 0.0149 e. The third kappa shape index (κ3) is 8.01. The molecule has 0 aliphatic carbocycles. The minimum atomic E-state index is 1.21. The van der Waals surface area contributed by atoms with Gasteiger partial charge in [0, 0.05) is 0 Å². The molecule has 17 heavy (non-hydrogen) atoms. The summed E-state index contributed by atoms with van der Waals surface area (Å²) in [5, 5.41) is 0. The highest BCUT2D eigenvalue weighted by Crippen LogP contribution is 2.11. The predicted octanol–water partition coefficient (Wildman–Crippen LogP) is 5.56. The molecule has 0 bridgehead atoms. The van der Waals surface area contributed by atoms with Crippen LogP contribution in [0.5, 0.6) is 0 Å². The van der Waals surface area contributed by atoms with Crippen LogP contribution in [0.25, 0.3) is 0 Å². The van der Waals surface area contributed by atoms with Crippen molar-refractivity contribution in [2.24, 2.45) is 0 Å². The Morgan fingerprint density at radius 1 is 0.824 bits per heavy atom. The van der Waals surface area contributed by atoms with Crippen molar-refractivity contribution < 1.29 is 0 Å². The van der Waals surface area contributed by atoms with Gasteiger partial charge in [-0.15, -0.1) is 0 Å². The van der Waals surface area contributed by atoms with E-state index in [4.69, 9.17) is 0 Å². The maximum Gasteiger partial charge on any atom is -0.0149 e. The fraction of sp³-hybridized carbons (Fsp3) is 0.647. The minimum absolute atomic E-state index is 1.21. The highest BCUT2D eigenvalue weighted by atomic mass is 14.0. The Bertz CT molecular complexity index is 250. The molecule has 0 unspecified atom stereocenters. The molecule has 0 saturated carbocycles. The van der Waals surface area contributed by atoms with E-state index in [1.54, 1.807) is 0 Å². The van der Waals surface area contributed by atoms with Crippen LogP contribution in [0.2, 0.25) is 0 Å². The van der Waals surface area contributed by atoms with Crippen LogP contribution in [0.15, 0.2) is 24.3 Å². The minimum Gasteiger partial charge on any atom is -0.0654 e. The zero-order chi connectivity index (χ0) is 12.2. The second-order valence-electron chi connectivity index (χ2n) is 4.97. The number of hydrogen-bond donors (Lipinski definition) is 0. The van der Waals surface area contributed by atoms with Crippen molar-refractivity contribution in [2.45, 2.75) is 71.1 Å². The predicted molar refractivity (Wildman–Crippen MR) is 76.2 cm³/mol. The number of hydrogen-bond acceptors (Lipinski definition) is 0. The van der Waals surface area contributed by atoms with Crippen molar-refractivity contribution in [1.82, 2.24) is 0 Å². The number of rotatable bonds is 10. The van der Waals surface area contributed by atoms with Crippen molar-refractivity contribution >= 4 is 0 Å². The molecule has 1 radical (unpaired) electrons. The summed E-state index contributed by atoms with van der Waals surface area (Å²) in [7, 11) is 0. The summed E-state index contributed by atoms with van der Waals surface area (Å²) in [6, 6.07) is 11.6. The van der Waals surface area contributed by atoms with Gasteiger partial charge < -0.3 is 0 Å². The van der Waals surface area contributed by atoms with E-state index < -0.39 is 0 Å². The van der Waals surface area contributed by atoms with Gasteiger partial charge in [-0.1, -0.05) is 82.6 Å². The third-order valence-electron chi connectivity index (χ3n) is 3.32. The van der Waals surface area contributed by atoms with Crippen LogP contribution in [0.4, 0.5) is 0 Å². The zero-order valence-corrected chi connectivity index (χ0v) is 11.4. The van der Waals surface area contributed by atoms with Gasteiger partial charge in [-0.3, -0.25) is 0 Å². The molecular weight excluding hydrogens is 204 g/mol. The van der Waals surface area contributed by atoms with Gasteiger partial charge in [0.1, 0.15) is 0 Å². The molecule has 0 heterocycles. The molecule has 0 nitrogen and oxygen atoms in total. The lowest BCUT2D eigenvalue weighted by atomic mass is 10.0. The second kappa shape index (κ2) is 10.4. The second-order valence-corrected chi connectivity index (χ2v) is 4.97. The third-order valence-corrected chi connectivity index (χ3v) is 3.32. The van der Waals surface area contributed by atoms with E-state index in [0.717, 1.165) is 0 Å². The summed E-state index contributed by atoms with van der Waals surface area (Å²) in [5.41, 5.74) is 1.37. The van der Waals surface area contributed by atoms with E-state index >= 15 is 0 Å². The van der Waals surface area contributed by atoms with Crippen LogP contribution in [-0.2, 0) is 6.42 Å². The standard InChI is InChI=1S/C17H27/c1-2-3-4-5-6-7-8-9-11-14-17-15-12-10-13-16-17/h10,12-13,15H,2-9,11,14H2,1H3. The average molecular weight is 231 g/mol. The Morgan fingerprint density at radius 3 is 2.06 bits per heavy atom. The van der Waals surface area contributed by atoms with Crippen molar-refractivity contribution in [2.75, 3.05) is 0 Å². The molecule has 0 aliphatic rings. The molecule has 95 valence electrons. The van der Waals surface area contributed by atoms with Crippen LogP contribution in [0.1, 0.15) is 70.3 Å². The highest BCUT2D eigenvalue weighted by Gasteiger charge is 1.94. The zero-order valence-electron chi connectivity index (χ0n) is 11.4. The van der Waals surface area contributed by atoms with E-state index in [2.05, 4.69) is 25.1 Å². The molecule has 0 spiro atoms. The molecule has 0 N–H and O–H groups in total. The van der Waals surface area contributed by atoms with E-state index in [1.165, 1.54) is 69.8 Å². The molecule has 0 saturated heterocycles. The quantitative estimate of drug-likeness (QED) is 0.462. The monoisotopic (exact) mass is 231 g/mol. The first-order valence-electron chi connectivity index (χ1n) is 7.39. The number of aryl methyl sites for hydroxylation is 1. The SMILES string of the molecule is CCCCCCCCCCCc1[c]cccc1. The maximum atomic E-state index is 3.29. The van der Waals surface area contributed by atoms with Crippen molar-refractivity contribution in [1.29, 1.82) is 0 Å². The summed E-state index contributed by atoms with van der Waals surface area (Å²) in [4.78, 5) is 0. The molecular formula is C17H27. The average Bonchev–Trinajstić information content (AvgIpc) is 2.38.